The summed E-state index contributed by atoms with van der Waals surface area (Å²) in [5.74, 6) is -2.40. The first-order valence-electron chi connectivity index (χ1n) is 20.8. The van der Waals surface area contributed by atoms with Crippen LogP contribution in [-0.4, -0.2) is 31.9 Å². The molecule has 0 fully saturated rings. The van der Waals surface area contributed by atoms with E-state index in [2.05, 4.69) is 12.1 Å². The lowest BCUT2D eigenvalue weighted by Crippen LogP contribution is -2.26. The monoisotopic (exact) mass is 832 g/mol. The van der Waals surface area contributed by atoms with Gasteiger partial charge >= 0.3 is 0 Å². The third-order valence-corrected chi connectivity index (χ3v) is 12.1. The molecule has 9 aromatic rings. The van der Waals surface area contributed by atoms with Crippen LogP contribution in [0.2, 0.25) is 0 Å². The number of nitrogens with zero attached hydrogens (tertiary/aromatic N) is 2. The molecule has 2 aliphatic carbocycles. The molecule has 0 atom stereocenters. The van der Waals surface area contributed by atoms with E-state index in [1.807, 2.05) is 167 Å². The average molecular weight is 833 g/mol. The van der Waals surface area contributed by atoms with E-state index in [-0.39, 0.29) is 33.7 Å². The summed E-state index contributed by atoms with van der Waals surface area (Å²) in [5.41, 5.74) is 10.0. The van der Waals surface area contributed by atoms with Crippen molar-refractivity contribution in [1.82, 2.24) is 4.58 Å². The second-order valence-electron chi connectivity index (χ2n) is 16.0. The predicted molar refractivity (Wildman–Crippen MR) is 260 cm³/mol. The van der Waals surface area contributed by atoms with E-state index >= 15 is 0 Å². The lowest BCUT2D eigenvalue weighted by molar-refractivity contribution is -0.111. The smallest absolute Gasteiger partial charge is 0.219 e. The summed E-state index contributed by atoms with van der Waals surface area (Å²) in [5, 5.41) is 55.0. The van der Waals surface area contributed by atoms with Crippen molar-refractivity contribution in [3.63, 3.8) is 0 Å². The number of hydrogen-bond donors (Lipinski definition) is 5. The number of rotatable bonds is 6. The van der Waals surface area contributed by atoms with Gasteiger partial charge in [-0.25, -0.2) is 0 Å². The van der Waals surface area contributed by atoms with Crippen molar-refractivity contribution < 1.29 is 25.2 Å². The third kappa shape index (κ3) is 6.32. The van der Waals surface area contributed by atoms with Crippen LogP contribution in [0.5, 0.6) is 5.75 Å². The average Bonchev–Trinajstić information content (AvgIpc) is 3.31. The highest BCUT2D eigenvalue weighted by Crippen LogP contribution is 2.48. The molecule has 0 saturated carbocycles. The highest BCUT2D eigenvalue weighted by molar-refractivity contribution is 6.41. The van der Waals surface area contributed by atoms with Crippen LogP contribution in [0.3, 0.4) is 0 Å². The SMILES string of the molecule is Nc1cc(N(c2ccc3ccccc3c2)c2ccc3ccccc3c2)cc(O)c1C1=C(O)C(=C2C(O)=CC(=[N+](c3ccc4ccccc4c3)c3ccc4ccccc4c3)C=C2O)C1=O. The van der Waals surface area contributed by atoms with E-state index < -0.39 is 23.1 Å². The first kappa shape index (κ1) is 38.1. The van der Waals surface area contributed by atoms with Crippen molar-refractivity contribution in [3.8, 4) is 5.75 Å². The van der Waals surface area contributed by atoms with E-state index in [0.29, 0.717) is 11.4 Å². The number of allylic oxidation sites excluding steroid dienone is 4. The molecule has 0 spiro atoms. The van der Waals surface area contributed by atoms with Gasteiger partial charge < -0.3 is 31.1 Å². The van der Waals surface area contributed by atoms with Crippen LogP contribution in [0.15, 0.2) is 223 Å². The Labute approximate surface area is 367 Å². The topological polar surface area (TPSA) is 130 Å². The van der Waals surface area contributed by atoms with Gasteiger partial charge in [0, 0.05) is 47.4 Å². The highest BCUT2D eigenvalue weighted by atomic mass is 16.3. The number of hydrogen-bond acceptors (Lipinski definition) is 7. The number of benzene rings is 9. The first-order chi connectivity index (χ1) is 31.2. The van der Waals surface area contributed by atoms with Gasteiger partial charge in [-0.3, -0.25) is 4.79 Å². The van der Waals surface area contributed by atoms with Crippen LogP contribution in [0, 0.1) is 0 Å². The predicted octanol–water partition coefficient (Wildman–Crippen LogP) is 13.1. The molecule has 0 radical (unpaired) electrons. The molecule has 0 heterocycles. The van der Waals surface area contributed by atoms with E-state index in [1.165, 1.54) is 18.2 Å². The summed E-state index contributed by atoms with van der Waals surface area (Å²) in [7, 11) is 0. The second kappa shape index (κ2) is 14.9. The Morgan fingerprint density at radius 1 is 0.422 bits per heavy atom. The van der Waals surface area contributed by atoms with Crippen molar-refractivity contribution in [1.29, 1.82) is 0 Å². The number of carbonyl (C=O) groups excluding carboxylic acids is 1. The Morgan fingerprint density at radius 2 is 0.844 bits per heavy atom. The van der Waals surface area contributed by atoms with Gasteiger partial charge in [-0.05, 0) is 85.6 Å². The molecule has 0 bridgehead atoms. The standard InChI is InChI=1S/C56H37N3O5/c57-47-29-45(58(41-21-17-33-9-1-5-13-37(33)25-41)42-22-18-34-10-2-6-14-38(34)26-42)30-48(60)51(47)53-55(63)54(56(53)64)52-49(61)31-46(32-50(52)62)59(43-23-19-35-11-3-7-15-39(35)27-43)44-24-20-36-12-4-8-16-40(36)28-44/h1-32H,(H5,57,60,61,62,63,64)/p+1. The van der Waals surface area contributed by atoms with E-state index in [4.69, 9.17) is 5.73 Å². The summed E-state index contributed by atoms with van der Waals surface area (Å²) in [4.78, 5) is 16.1. The number of Topliss-reactive ketones (excluding diaryl/α,β-unsaturated/α-hetero) is 1. The molecule has 8 nitrogen and oxygen atoms in total. The summed E-state index contributed by atoms with van der Waals surface area (Å²) in [6.07, 6.45) is 2.92. The molecule has 11 rings (SSSR count). The molecule has 0 unspecified atom stereocenters. The number of aromatic hydroxyl groups is 1. The molecule has 0 aromatic heterocycles. The second-order valence-corrected chi connectivity index (χ2v) is 16.0. The largest absolute Gasteiger partial charge is 0.507 e. The number of nitrogen functional groups attached to an aromatic ring is 1. The maximum Gasteiger partial charge on any atom is 0.219 e. The molecule has 6 N–H and O–H groups in total. The number of anilines is 4. The van der Waals surface area contributed by atoms with E-state index in [9.17, 15) is 25.2 Å². The molecule has 9 aromatic carbocycles. The zero-order chi connectivity index (χ0) is 43.6. The van der Waals surface area contributed by atoms with Crippen molar-refractivity contribution in [2.45, 2.75) is 0 Å². The van der Waals surface area contributed by atoms with Gasteiger partial charge in [-0.1, -0.05) is 109 Å². The molecule has 0 saturated heterocycles. The van der Waals surface area contributed by atoms with Crippen LogP contribution in [-0.2, 0) is 4.79 Å². The zero-order valence-electron chi connectivity index (χ0n) is 34.1. The molecule has 64 heavy (non-hydrogen) atoms. The molecule has 0 aliphatic heterocycles. The fourth-order valence-electron chi connectivity index (χ4n) is 9.04. The van der Waals surface area contributed by atoms with Crippen LogP contribution in [0.1, 0.15) is 5.56 Å². The van der Waals surface area contributed by atoms with Gasteiger partial charge in [0.05, 0.1) is 40.1 Å². The maximum atomic E-state index is 14.1. The molecule has 0 amide bonds. The number of nitrogens with two attached hydrogens (primary N) is 1. The molecule has 306 valence electrons. The van der Waals surface area contributed by atoms with Crippen LogP contribution >= 0.6 is 0 Å². The minimum Gasteiger partial charge on any atom is -0.507 e. The molecular formula is C56H38N3O5+. The summed E-state index contributed by atoms with van der Waals surface area (Å²) in [6, 6.07) is 59.4. The number of ketones is 1. The summed E-state index contributed by atoms with van der Waals surface area (Å²) in [6.45, 7) is 0. The lowest BCUT2D eigenvalue weighted by Gasteiger charge is -2.29. The molecular weight excluding hydrogens is 795 g/mol. The van der Waals surface area contributed by atoms with Crippen LogP contribution in [0.25, 0.3) is 48.7 Å². The Balaban J connectivity index is 1.01. The maximum absolute atomic E-state index is 14.1. The minimum absolute atomic E-state index is 0.0423. The Kier molecular flexibility index (Phi) is 8.88. The normalized spacial score (nSPS) is 14.0. The van der Waals surface area contributed by atoms with Gasteiger partial charge in [-0.2, -0.15) is 4.58 Å². The third-order valence-electron chi connectivity index (χ3n) is 12.1. The quantitative estimate of drug-likeness (QED) is 0.0641. The Hall–Kier alpha value is -8.88. The number of aliphatic hydroxyl groups is 3. The van der Waals surface area contributed by atoms with Crippen molar-refractivity contribution in [2.75, 3.05) is 10.6 Å². The fourth-order valence-corrected chi connectivity index (χ4v) is 9.04. The van der Waals surface area contributed by atoms with Crippen molar-refractivity contribution in [3.05, 3.63) is 228 Å². The number of phenolic OH excluding ortho intramolecular Hbond substituents is 1. The number of carbonyl (C=O) groups is 1. The van der Waals surface area contributed by atoms with E-state index in [1.54, 1.807) is 6.07 Å². The van der Waals surface area contributed by atoms with Gasteiger partial charge in [0.15, 0.2) is 0 Å². The first-order valence-corrected chi connectivity index (χ1v) is 20.8. The Bertz CT molecular complexity index is 3440. The fraction of sp³-hybridized carbons (Fsp3) is 0. The molecule has 2 aliphatic rings. The van der Waals surface area contributed by atoms with Crippen LogP contribution in [0.4, 0.5) is 34.1 Å². The van der Waals surface area contributed by atoms with Gasteiger partial charge in [0.1, 0.15) is 23.0 Å². The minimum atomic E-state index is -0.701. The van der Waals surface area contributed by atoms with Crippen molar-refractivity contribution in [2.24, 2.45) is 0 Å². The van der Waals surface area contributed by atoms with E-state index in [0.717, 1.165) is 65.8 Å². The Morgan fingerprint density at radius 3 is 1.28 bits per heavy atom. The number of fused-ring (bicyclic) bond motifs is 4. The van der Waals surface area contributed by atoms with Gasteiger partial charge in [0.2, 0.25) is 22.9 Å². The number of phenols is 1. The summed E-state index contributed by atoms with van der Waals surface area (Å²) >= 11 is 0. The molecule has 8 heteroatoms. The number of aliphatic hydroxyl groups excluding tert-OH is 3. The summed E-state index contributed by atoms with van der Waals surface area (Å²) < 4.78 is 1.91. The highest BCUT2D eigenvalue weighted by Gasteiger charge is 2.42. The van der Waals surface area contributed by atoms with Gasteiger partial charge in [-0.15, -0.1) is 0 Å². The van der Waals surface area contributed by atoms with Gasteiger partial charge in [0.25, 0.3) is 0 Å². The van der Waals surface area contributed by atoms with Crippen LogP contribution < -0.4 is 15.2 Å². The lowest BCUT2D eigenvalue weighted by atomic mass is 9.78. The van der Waals surface area contributed by atoms with Crippen molar-refractivity contribution >= 4 is 94.3 Å². The zero-order valence-corrected chi connectivity index (χ0v) is 34.1.